The zero-order valence-corrected chi connectivity index (χ0v) is 16.6. The van der Waals surface area contributed by atoms with Crippen molar-refractivity contribution in [1.29, 1.82) is 0 Å². The van der Waals surface area contributed by atoms with Gasteiger partial charge in [-0.2, -0.15) is 15.0 Å². The fraction of sp³-hybridized carbons (Fsp3) is 0.381. The van der Waals surface area contributed by atoms with Crippen LogP contribution in [0.2, 0.25) is 0 Å². The van der Waals surface area contributed by atoms with Crippen LogP contribution in [0.15, 0.2) is 42.9 Å². The average molecular weight is 389 g/mol. The predicted octanol–water partition coefficient (Wildman–Crippen LogP) is 2.17. The fourth-order valence-electron chi connectivity index (χ4n) is 4.37. The van der Waals surface area contributed by atoms with Crippen molar-refractivity contribution in [3.8, 4) is 5.69 Å². The molecule has 2 fully saturated rings. The molecule has 0 N–H and O–H groups in total. The summed E-state index contributed by atoms with van der Waals surface area (Å²) in [6, 6.07) is 8.00. The van der Waals surface area contributed by atoms with Gasteiger partial charge in [0.2, 0.25) is 5.95 Å². The summed E-state index contributed by atoms with van der Waals surface area (Å²) < 4.78 is 0. The van der Waals surface area contributed by atoms with Crippen molar-refractivity contribution in [1.82, 2.24) is 29.9 Å². The van der Waals surface area contributed by atoms with Gasteiger partial charge in [-0.25, -0.2) is 9.97 Å². The molecule has 1 aromatic carbocycles. The van der Waals surface area contributed by atoms with Crippen molar-refractivity contribution >= 4 is 11.9 Å². The summed E-state index contributed by atoms with van der Waals surface area (Å²) in [5.41, 5.74) is 3.43. The molecule has 29 heavy (non-hydrogen) atoms. The van der Waals surface area contributed by atoms with E-state index in [1.165, 1.54) is 4.80 Å². The summed E-state index contributed by atoms with van der Waals surface area (Å²) in [5, 5.41) is 8.39. The van der Waals surface area contributed by atoms with Crippen LogP contribution < -0.4 is 4.90 Å². The van der Waals surface area contributed by atoms with Crippen molar-refractivity contribution in [3.05, 3.63) is 59.7 Å². The topological polar surface area (TPSA) is 80.0 Å². The van der Waals surface area contributed by atoms with Crippen LogP contribution in [0.4, 0.5) is 5.95 Å². The van der Waals surface area contributed by atoms with Gasteiger partial charge in [0.05, 0.1) is 23.6 Å². The summed E-state index contributed by atoms with van der Waals surface area (Å²) >= 11 is 0. The molecule has 2 saturated heterocycles. The van der Waals surface area contributed by atoms with Crippen LogP contribution in [0, 0.1) is 13.8 Å². The summed E-state index contributed by atoms with van der Waals surface area (Å²) in [7, 11) is 0. The first-order chi connectivity index (χ1) is 14.1. The Kier molecular flexibility index (Phi) is 4.26. The minimum atomic E-state index is 0.0236. The van der Waals surface area contributed by atoms with Crippen LogP contribution in [-0.4, -0.2) is 60.9 Å². The van der Waals surface area contributed by atoms with Crippen molar-refractivity contribution in [3.63, 3.8) is 0 Å². The SMILES string of the molecule is Cc1cnc(N2C3CCC2CN(C(=O)c2ccccc2-n2nccn2)C3)nc1C. The zero-order valence-electron chi connectivity index (χ0n) is 16.6. The van der Waals surface area contributed by atoms with E-state index in [2.05, 4.69) is 20.1 Å². The monoisotopic (exact) mass is 389 g/mol. The number of para-hydroxylation sites is 1. The van der Waals surface area contributed by atoms with Gasteiger partial charge in [-0.3, -0.25) is 4.79 Å². The first-order valence-electron chi connectivity index (χ1n) is 9.95. The molecule has 1 amide bonds. The maximum absolute atomic E-state index is 13.4. The largest absolute Gasteiger partial charge is 0.334 e. The lowest BCUT2D eigenvalue weighted by Crippen LogP contribution is -2.56. The highest BCUT2D eigenvalue weighted by molar-refractivity contribution is 5.98. The Bertz CT molecular complexity index is 1030. The molecule has 2 aliphatic heterocycles. The third-order valence-corrected chi connectivity index (χ3v) is 5.98. The first-order valence-corrected chi connectivity index (χ1v) is 9.95. The second kappa shape index (κ2) is 6.95. The molecule has 2 aliphatic rings. The molecule has 5 rings (SSSR count). The number of hydrogen-bond acceptors (Lipinski definition) is 6. The van der Waals surface area contributed by atoms with Gasteiger partial charge in [0.25, 0.3) is 5.91 Å². The average Bonchev–Trinajstić information content (AvgIpc) is 3.36. The molecule has 2 aromatic heterocycles. The number of carbonyl (C=O) groups is 1. The Morgan fingerprint density at radius 1 is 1.03 bits per heavy atom. The molecule has 0 aliphatic carbocycles. The quantitative estimate of drug-likeness (QED) is 0.683. The third kappa shape index (κ3) is 3.04. The Morgan fingerprint density at radius 2 is 1.72 bits per heavy atom. The number of benzene rings is 1. The molecule has 2 bridgehead atoms. The van der Waals surface area contributed by atoms with E-state index in [4.69, 9.17) is 4.98 Å². The number of likely N-dealkylation sites (tertiary alicyclic amines) is 1. The Hall–Kier alpha value is -3.29. The van der Waals surface area contributed by atoms with Gasteiger partial charge in [-0.1, -0.05) is 12.1 Å². The maximum atomic E-state index is 13.4. The van der Waals surface area contributed by atoms with E-state index in [1.54, 1.807) is 12.4 Å². The number of anilines is 1. The number of hydrogen-bond donors (Lipinski definition) is 0. The number of nitrogens with zero attached hydrogens (tertiary/aromatic N) is 7. The second-order valence-electron chi connectivity index (χ2n) is 7.78. The molecule has 2 unspecified atom stereocenters. The highest BCUT2D eigenvalue weighted by Crippen LogP contribution is 2.34. The fourth-order valence-corrected chi connectivity index (χ4v) is 4.37. The lowest BCUT2D eigenvalue weighted by molar-refractivity contribution is 0.0716. The van der Waals surface area contributed by atoms with E-state index in [-0.39, 0.29) is 18.0 Å². The molecule has 2 atom stereocenters. The molecule has 0 spiro atoms. The number of piperazine rings is 1. The zero-order chi connectivity index (χ0) is 20.0. The minimum Gasteiger partial charge on any atom is -0.334 e. The molecule has 8 nitrogen and oxygen atoms in total. The van der Waals surface area contributed by atoms with Gasteiger partial charge in [0.1, 0.15) is 0 Å². The normalized spacial score (nSPS) is 20.9. The van der Waals surface area contributed by atoms with Gasteiger partial charge >= 0.3 is 0 Å². The number of fused-ring (bicyclic) bond motifs is 2. The van der Waals surface area contributed by atoms with Crippen molar-refractivity contribution < 1.29 is 4.79 Å². The van der Waals surface area contributed by atoms with Crippen LogP contribution in [-0.2, 0) is 0 Å². The second-order valence-corrected chi connectivity index (χ2v) is 7.78. The number of amides is 1. The first kappa shape index (κ1) is 17.8. The van der Waals surface area contributed by atoms with E-state index < -0.39 is 0 Å². The Morgan fingerprint density at radius 3 is 2.41 bits per heavy atom. The van der Waals surface area contributed by atoms with Gasteiger partial charge in [-0.15, -0.1) is 0 Å². The minimum absolute atomic E-state index is 0.0236. The van der Waals surface area contributed by atoms with Gasteiger partial charge in [0.15, 0.2) is 0 Å². The van der Waals surface area contributed by atoms with Crippen LogP contribution in [0.1, 0.15) is 34.5 Å². The predicted molar refractivity (Wildman–Crippen MR) is 108 cm³/mol. The smallest absolute Gasteiger partial charge is 0.256 e. The maximum Gasteiger partial charge on any atom is 0.256 e. The summed E-state index contributed by atoms with van der Waals surface area (Å²) in [5.74, 6) is 0.810. The number of rotatable bonds is 3. The highest BCUT2D eigenvalue weighted by Gasteiger charge is 2.43. The number of carbonyl (C=O) groups excluding carboxylic acids is 1. The number of aryl methyl sites for hydroxylation is 2. The van der Waals surface area contributed by atoms with E-state index in [1.807, 2.05) is 49.2 Å². The standard InChI is InChI=1S/C21H23N7O/c1-14-11-22-21(25-15(14)2)27-16-7-8-17(27)13-26(12-16)20(29)18-5-3-4-6-19(18)28-23-9-10-24-28/h3-6,9-11,16-17H,7-8,12-13H2,1-2H3. The van der Waals surface area contributed by atoms with Gasteiger partial charge in [-0.05, 0) is 44.4 Å². The Labute approximate surface area is 169 Å². The van der Waals surface area contributed by atoms with Gasteiger partial charge < -0.3 is 9.80 Å². The van der Waals surface area contributed by atoms with Crippen molar-refractivity contribution in [2.75, 3.05) is 18.0 Å². The van der Waals surface area contributed by atoms with Crippen LogP contribution >= 0.6 is 0 Å². The van der Waals surface area contributed by atoms with Crippen molar-refractivity contribution in [2.24, 2.45) is 0 Å². The van der Waals surface area contributed by atoms with Crippen LogP contribution in [0.25, 0.3) is 5.69 Å². The molecule has 0 radical (unpaired) electrons. The Balaban J connectivity index is 1.41. The summed E-state index contributed by atoms with van der Waals surface area (Å²) in [4.78, 5) is 28.4. The van der Waals surface area contributed by atoms with Gasteiger partial charge in [0, 0.05) is 37.1 Å². The lowest BCUT2D eigenvalue weighted by atomic mass is 10.1. The molecule has 3 aromatic rings. The summed E-state index contributed by atoms with van der Waals surface area (Å²) in [6.07, 6.45) is 7.22. The molecule has 4 heterocycles. The summed E-state index contributed by atoms with van der Waals surface area (Å²) in [6.45, 7) is 5.39. The van der Waals surface area contributed by atoms with E-state index >= 15 is 0 Å². The molecule has 0 saturated carbocycles. The van der Waals surface area contributed by atoms with Crippen molar-refractivity contribution in [2.45, 2.75) is 38.8 Å². The van der Waals surface area contributed by atoms with E-state index in [0.29, 0.717) is 24.3 Å². The molecule has 148 valence electrons. The number of aromatic nitrogens is 5. The molecular weight excluding hydrogens is 366 g/mol. The van der Waals surface area contributed by atoms with E-state index in [0.717, 1.165) is 30.0 Å². The van der Waals surface area contributed by atoms with Crippen LogP contribution in [0.5, 0.6) is 0 Å². The van der Waals surface area contributed by atoms with Crippen LogP contribution in [0.3, 0.4) is 0 Å². The lowest BCUT2D eigenvalue weighted by Gasteiger charge is -2.41. The molecular formula is C21H23N7O. The molecule has 8 heteroatoms. The third-order valence-electron chi connectivity index (χ3n) is 5.98. The highest BCUT2D eigenvalue weighted by atomic mass is 16.2. The van der Waals surface area contributed by atoms with E-state index in [9.17, 15) is 4.79 Å².